The summed E-state index contributed by atoms with van der Waals surface area (Å²) in [6.07, 6.45) is 0. The molecule has 6 nitrogen and oxygen atoms in total. The molecule has 2 rings (SSSR count). The van der Waals surface area contributed by atoms with E-state index in [9.17, 15) is 8.42 Å². The van der Waals surface area contributed by atoms with Gasteiger partial charge in [-0.25, -0.2) is 0 Å². The number of nitrogens with zero attached hydrogens (tertiary/aromatic N) is 2. The van der Waals surface area contributed by atoms with Crippen molar-refractivity contribution in [3.8, 4) is 6.07 Å². The Balaban J connectivity index is 2.31. The fraction of sp³-hybridized carbons (Fsp3) is 0.364. The molecular weight excluding hydrogens is 252 g/mol. The average molecular weight is 266 g/mol. The lowest BCUT2D eigenvalue weighted by Crippen LogP contribution is -2.53. The highest BCUT2D eigenvalue weighted by Crippen LogP contribution is 2.21. The molecule has 0 radical (unpaired) electrons. The Hall–Kier alpha value is -1.62. The van der Waals surface area contributed by atoms with Gasteiger partial charge in [0.1, 0.15) is 0 Å². The molecule has 1 fully saturated rings. The van der Waals surface area contributed by atoms with Crippen molar-refractivity contribution in [3.05, 3.63) is 29.8 Å². The zero-order valence-corrected chi connectivity index (χ0v) is 10.5. The van der Waals surface area contributed by atoms with Crippen LogP contribution in [-0.4, -0.2) is 28.1 Å². The van der Waals surface area contributed by atoms with E-state index in [1.807, 2.05) is 6.07 Å². The van der Waals surface area contributed by atoms with Crippen LogP contribution in [0.2, 0.25) is 0 Å². The summed E-state index contributed by atoms with van der Waals surface area (Å²) in [5, 5.41) is 8.71. The molecule has 1 aromatic rings. The van der Waals surface area contributed by atoms with Gasteiger partial charge < -0.3 is 5.73 Å². The van der Waals surface area contributed by atoms with Gasteiger partial charge in [0.2, 0.25) is 0 Å². The van der Waals surface area contributed by atoms with E-state index in [2.05, 4.69) is 4.72 Å². The average Bonchev–Trinajstić information content (AvgIpc) is 2.39. The van der Waals surface area contributed by atoms with Crippen molar-refractivity contribution < 1.29 is 8.42 Å². The minimum absolute atomic E-state index is 0.0872. The molecule has 1 saturated heterocycles. The predicted molar refractivity (Wildman–Crippen MR) is 68.0 cm³/mol. The quantitative estimate of drug-likeness (QED) is 0.773. The first-order valence-corrected chi connectivity index (χ1v) is 6.98. The van der Waals surface area contributed by atoms with E-state index in [0.29, 0.717) is 30.9 Å². The fourth-order valence-corrected chi connectivity index (χ4v) is 3.21. The maximum atomic E-state index is 11.9. The molecule has 7 heteroatoms. The number of hydrogen-bond donors (Lipinski definition) is 2. The Morgan fingerprint density at radius 1 is 1.44 bits per heavy atom. The van der Waals surface area contributed by atoms with Crippen LogP contribution in [0.4, 0.5) is 5.69 Å². The molecule has 1 heterocycles. The van der Waals surface area contributed by atoms with Crippen LogP contribution in [0, 0.1) is 17.2 Å². The second kappa shape index (κ2) is 4.94. The van der Waals surface area contributed by atoms with Crippen LogP contribution in [0.25, 0.3) is 0 Å². The Labute approximate surface area is 106 Å². The summed E-state index contributed by atoms with van der Waals surface area (Å²) in [4.78, 5) is 0. The number of benzene rings is 1. The zero-order chi connectivity index (χ0) is 13.2. The highest BCUT2D eigenvalue weighted by Gasteiger charge is 2.30. The molecule has 0 amide bonds. The number of hydrogen-bond acceptors (Lipinski definition) is 4. The van der Waals surface area contributed by atoms with Crippen molar-refractivity contribution in [3.63, 3.8) is 0 Å². The van der Waals surface area contributed by atoms with E-state index in [-0.39, 0.29) is 5.92 Å². The van der Waals surface area contributed by atoms with Gasteiger partial charge in [0, 0.05) is 19.0 Å². The minimum Gasteiger partial charge on any atom is -0.330 e. The third-order valence-electron chi connectivity index (χ3n) is 2.89. The van der Waals surface area contributed by atoms with Crippen LogP contribution >= 0.6 is 0 Å². The molecule has 96 valence electrons. The Morgan fingerprint density at radius 3 is 2.67 bits per heavy atom. The number of nitrogens with one attached hydrogen (secondary N) is 1. The van der Waals surface area contributed by atoms with E-state index in [1.54, 1.807) is 24.3 Å². The minimum atomic E-state index is -3.49. The van der Waals surface area contributed by atoms with Crippen LogP contribution < -0.4 is 14.8 Å². The van der Waals surface area contributed by atoms with Gasteiger partial charge in [-0.1, -0.05) is 0 Å². The molecule has 0 bridgehead atoms. The van der Waals surface area contributed by atoms with Crippen LogP contribution in [0.1, 0.15) is 5.56 Å². The van der Waals surface area contributed by atoms with E-state index in [4.69, 9.17) is 11.0 Å². The van der Waals surface area contributed by atoms with E-state index < -0.39 is 10.2 Å². The Morgan fingerprint density at radius 2 is 2.11 bits per heavy atom. The number of nitriles is 1. The van der Waals surface area contributed by atoms with Crippen molar-refractivity contribution in [1.82, 2.24) is 4.72 Å². The molecule has 3 N–H and O–H groups in total. The first-order valence-electron chi connectivity index (χ1n) is 5.54. The van der Waals surface area contributed by atoms with Crippen LogP contribution in [-0.2, 0) is 10.2 Å². The van der Waals surface area contributed by atoms with Gasteiger partial charge in [0.25, 0.3) is 0 Å². The summed E-state index contributed by atoms with van der Waals surface area (Å²) in [6, 6.07) is 8.43. The van der Waals surface area contributed by atoms with Crippen LogP contribution in [0.3, 0.4) is 0 Å². The summed E-state index contributed by atoms with van der Waals surface area (Å²) in [5.41, 5.74) is 6.61. The largest absolute Gasteiger partial charge is 0.330 e. The normalized spacial score (nSPS) is 22.4. The summed E-state index contributed by atoms with van der Waals surface area (Å²) in [6.45, 7) is 1.15. The molecule has 1 unspecified atom stereocenters. The lowest BCUT2D eigenvalue weighted by atomic mass is 10.1. The summed E-state index contributed by atoms with van der Waals surface area (Å²) in [7, 11) is -3.49. The molecular formula is C11H14N4O2S. The van der Waals surface area contributed by atoms with E-state index in [1.165, 1.54) is 4.31 Å². The topological polar surface area (TPSA) is 99.2 Å². The van der Waals surface area contributed by atoms with Crippen LogP contribution in [0.5, 0.6) is 0 Å². The van der Waals surface area contributed by atoms with Gasteiger partial charge in [-0.05, 0) is 30.8 Å². The number of anilines is 1. The number of nitrogens with two attached hydrogens (primary N) is 1. The Bertz CT molecular complexity index is 562. The molecule has 18 heavy (non-hydrogen) atoms. The zero-order valence-electron chi connectivity index (χ0n) is 9.70. The highest BCUT2D eigenvalue weighted by atomic mass is 32.2. The molecule has 1 aliphatic rings. The van der Waals surface area contributed by atoms with Crippen molar-refractivity contribution in [2.75, 3.05) is 23.9 Å². The smallest absolute Gasteiger partial charge is 0.301 e. The maximum Gasteiger partial charge on any atom is 0.301 e. The summed E-state index contributed by atoms with van der Waals surface area (Å²) >= 11 is 0. The van der Waals surface area contributed by atoms with E-state index >= 15 is 0 Å². The number of rotatable bonds is 2. The van der Waals surface area contributed by atoms with Crippen molar-refractivity contribution in [1.29, 1.82) is 5.26 Å². The van der Waals surface area contributed by atoms with Gasteiger partial charge >= 0.3 is 10.2 Å². The molecule has 0 saturated carbocycles. The molecule has 1 aliphatic heterocycles. The van der Waals surface area contributed by atoms with E-state index in [0.717, 1.165) is 0 Å². The maximum absolute atomic E-state index is 11.9. The van der Waals surface area contributed by atoms with Gasteiger partial charge in [0.05, 0.1) is 17.3 Å². The van der Waals surface area contributed by atoms with Crippen molar-refractivity contribution in [2.24, 2.45) is 11.7 Å². The Kier molecular flexibility index (Phi) is 3.52. The molecule has 0 spiro atoms. The predicted octanol–water partition coefficient (Wildman–Crippen LogP) is -0.212. The van der Waals surface area contributed by atoms with Gasteiger partial charge in [0.15, 0.2) is 0 Å². The van der Waals surface area contributed by atoms with Gasteiger partial charge in [-0.2, -0.15) is 18.4 Å². The monoisotopic (exact) mass is 266 g/mol. The summed E-state index contributed by atoms with van der Waals surface area (Å²) < 4.78 is 27.6. The molecule has 0 aliphatic carbocycles. The molecule has 1 aromatic carbocycles. The van der Waals surface area contributed by atoms with Crippen LogP contribution in [0.15, 0.2) is 24.3 Å². The first kappa shape index (κ1) is 12.8. The van der Waals surface area contributed by atoms with Crippen molar-refractivity contribution in [2.45, 2.75) is 0 Å². The third kappa shape index (κ3) is 2.46. The molecule has 0 aromatic heterocycles. The lowest BCUT2D eigenvalue weighted by molar-refractivity contribution is 0.486. The van der Waals surface area contributed by atoms with Gasteiger partial charge in [-0.3, -0.25) is 4.31 Å². The third-order valence-corrected chi connectivity index (χ3v) is 4.36. The van der Waals surface area contributed by atoms with Gasteiger partial charge in [-0.15, -0.1) is 0 Å². The lowest BCUT2D eigenvalue weighted by Gasteiger charge is -2.33. The SMILES string of the molecule is N#Cc1ccc(N2CC(CN)CNS2(=O)=O)cc1. The second-order valence-corrected chi connectivity index (χ2v) is 5.82. The second-order valence-electron chi connectivity index (χ2n) is 4.15. The standard InChI is InChI=1S/C11H14N4O2S/c12-5-9-1-3-11(4-2-9)15-8-10(6-13)7-14-18(15,16)17/h1-4,10,14H,6-8,13H2. The first-order chi connectivity index (χ1) is 8.56. The highest BCUT2D eigenvalue weighted by molar-refractivity contribution is 7.90. The fourth-order valence-electron chi connectivity index (χ4n) is 1.80. The molecule has 1 atom stereocenters. The summed E-state index contributed by atoms with van der Waals surface area (Å²) in [5.74, 6) is 0.0872. The van der Waals surface area contributed by atoms with Crippen molar-refractivity contribution >= 4 is 15.9 Å².